The van der Waals surface area contributed by atoms with Crippen LogP contribution in [0.25, 0.3) is 0 Å². The predicted molar refractivity (Wildman–Crippen MR) is 316 cm³/mol. The van der Waals surface area contributed by atoms with Gasteiger partial charge in [0.25, 0.3) is 0 Å². The summed E-state index contributed by atoms with van der Waals surface area (Å²) < 4.78 is 10.7. The van der Waals surface area contributed by atoms with Crippen LogP contribution in [0, 0.1) is 0 Å². The Kier molecular flexibility index (Phi) is 59.4. The van der Waals surface area contributed by atoms with Gasteiger partial charge in [0.1, 0.15) is 6.61 Å². The molecule has 72 heavy (non-hydrogen) atoms. The Hall–Kier alpha value is -3.18. The van der Waals surface area contributed by atoms with E-state index >= 15 is 0 Å². The molecule has 0 aromatic carbocycles. The number of ether oxygens (including phenoxy) is 2. The maximum Gasteiger partial charge on any atom is 0.306 e. The molecule has 0 amide bonds. The van der Waals surface area contributed by atoms with Crippen LogP contribution in [0.5, 0.6) is 0 Å². The molecule has 0 saturated carbocycles. The van der Waals surface area contributed by atoms with Crippen LogP contribution in [-0.4, -0.2) is 36.4 Å². The molecule has 1 atom stereocenters. The van der Waals surface area contributed by atoms with E-state index in [2.05, 4.69) is 111 Å². The molecule has 0 heterocycles. The molecule has 1 unspecified atom stereocenters. The molecule has 0 bridgehead atoms. The molecule has 0 spiro atoms. The molecule has 0 aliphatic carbocycles. The monoisotopic (exact) mass is 1000 g/mol. The highest BCUT2D eigenvalue weighted by atomic mass is 16.6. The van der Waals surface area contributed by atoms with Gasteiger partial charge in [-0.15, -0.1) is 0 Å². The smallest absolute Gasteiger partial charge is 0.306 e. The summed E-state index contributed by atoms with van der Waals surface area (Å²) in [5.41, 5.74) is 0. The van der Waals surface area contributed by atoms with Crippen LogP contribution in [0.2, 0.25) is 0 Å². The number of aliphatic hydroxyl groups excluding tert-OH is 1. The van der Waals surface area contributed by atoms with Crippen LogP contribution in [0.4, 0.5) is 0 Å². The van der Waals surface area contributed by atoms with Crippen LogP contribution in [-0.2, 0) is 19.1 Å². The van der Waals surface area contributed by atoms with Crippen molar-refractivity contribution in [1.29, 1.82) is 0 Å². The number of carbonyl (C=O) groups is 2. The third kappa shape index (κ3) is 59.4. The Bertz CT molecular complexity index is 1360. The lowest BCUT2D eigenvalue weighted by Gasteiger charge is -2.15. The summed E-state index contributed by atoms with van der Waals surface area (Å²) in [6.07, 6.45) is 88.3. The minimum absolute atomic E-state index is 0.0667. The molecule has 414 valence electrons. The van der Waals surface area contributed by atoms with Gasteiger partial charge in [0, 0.05) is 12.8 Å². The van der Waals surface area contributed by atoms with Gasteiger partial charge in [0.2, 0.25) is 0 Å². The first-order chi connectivity index (χ1) is 35.6. The Balaban J connectivity index is 3.45. The number of allylic oxidation sites excluding steroid dienone is 16. The quantitative estimate of drug-likeness (QED) is 0.0373. The fourth-order valence-corrected chi connectivity index (χ4v) is 8.83. The van der Waals surface area contributed by atoms with Gasteiger partial charge in [-0.3, -0.25) is 9.59 Å². The Morgan fingerprint density at radius 1 is 0.319 bits per heavy atom. The summed E-state index contributed by atoms with van der Waals surface area (Å²) >= 11 is 0. The van der Waals surface area contributed by atoms with Crippen LogP contribution in [0.15, 0.2) is 97.2 Å². The second kappa shape index (κ2) is 62.1. The van der Waals surface area contributed by atoms with E-state index in [1.807, 2.05) is 0 Å². The zero-order chi connectivity index (χ0) is 52.0. The van der Waals surface area contributed by atoms with Crippen molar-refractivity contribution in [1.82, 2.24) is 0 Å². The van der Waals surface area contributed by atoms with Crippen molar-refractivity contribution < 1.29 is 24.2 Å². The summed E-state index contributed by atoms with van der Waals surface area (Å²) in [5.74, 6) is -0.582. The number of carbonyl (C=O) groups excluding carboxylic acids is 2. The lowest BCUT2D eigenvalue weighted by molar-refractivity contribution is -0.161. The van der Waals surface area contributed by atoms with Crippen molar-refractivity contribution in [2.24, 2.45) is 0 Å². The summed E-state index contributed by atoms with van der Waals surface area (Å²) in [4.78, 5) is 24.6. The SMILES string of the molecule is CC/C=C\C/C=C\C/C=C\C/C=C\CCCCCCCCCCCCCCCCCCCCC(=O)OC(CO)COC(=O)CCCCCCCCCCCCCCCC/C=C\C/C=C\C/C=C\C/C=C\CC. The number of esters is 2. The van der Waals surface area contributed by atoms with E-state index in [0.717, 1.165) is 89.9 Å². The van der Waals surface area contributed by atoms with Gasteiger partial charge < -0.3 is 14.6 Å². The summed E-state index contributed by atoms with van der Waals surface area (Å²) in [7, 11) is 0. The van der Waals surface area contributed by atoms with Crippen molar-refractivity contribution in [3.63, 3.8) is 0 Å². The van der Waals surface area contributed by atoms with E-state index in [1.165, 1.54) is 180 Å². The average Bonchev–Trinajstić information content (AvgIpc) is 3.38. The Morgan fingerprint density at radius 3 is 0.833 bits per heavy atom. The van der Waals surface area contributed by atoms with Crippen LogP contribution in [0.1, 0.15) is 296 Å². The molecule has 0 radical (unpaired) electrons. The molecular formula is C67H116O5. The van der Waals surface area contributed by atoms with Gasteiger partial charge in [0.05, 0.1) is 6.61 Å². The van der Waals surface area contributed by atoms with Crippen molar-refractivity contribution in [2.75, 3.05) is 13.2 Å². The van der Waals surface area contributed by atoms with Crippen LogP contribution in [0.3, 0.4) is 0 Å². The fourth-order valence-electron chi connectivity index (χ4n) is 8.83. The van der Waals surface area contributed by atoms with Crippen LogP contribution < -0.4 is 0 Å². The van der Waals surface area contributed by atoms with Gasteiger partial charge in [0.15, 0.2) is 6.10 Å². The highest BCUT2D eigenvalue weighted by Crippen LogP contribution is 2.17. The van der Waals surface area contributed by atoms with E-state index in [9.17, 15) is 14.7 Å². The Labute approximate surface area is 447 Å². The Morgan fingerprint density at radius 2 is 0.556 bits per heavy atom. The third-order valence-corrected chi connectivity index (χ3v) is 13.4. The first kappa shape index (κ1) is 68.8. The fraction of sp³-hybridized carbons (Fsp3) is 0.731. The van der Waals surface area contributed by atoms with Crippen molar-refractivity contribution in [3.05, 3.63) is 97.2 Å². The molecule has 0 rings (SSSR count). The van der Waals surface area contributed by atoms with Crippen molar-refractivity contribution in [2.45, 2.75) is 302 Å². The molecule has 0 aromatic rings. The zero-order valence-electron chi connectivity index (χ0n) is 47.4. The number of aliphatic hydroxyl groups is 1. The van der Waals surface area contributed by atoms with Gasteiger partial charge in [-0.1, -0.05) is 291 Å². The second-order valence-electron chi connectivity index (χ2n) is 20.4. The first-order valence-corrected chi connectivity index (χ1v) is 30.8. The highest BCUT2D eigenvalue weighted by Gasteiger charge is 2.16. The van der Waals surface area contributed by atoms with Crippen molar-refractivity contribution in [3.8, 4) is 0 Å². The number of hydrogen-bond acceptors (Lipinski definition) is 5. The van der Waals surface area contributed by atoms with Gasteiger partial charge >= 0.3 is 11.9 Å². The number of rotatable bonds is 56. The van der Waals surface area contributed by atoms with E-state index in [1.54, 1.807) is 0 Å². The molecule has 5 heteroatoms. The molecule has 0 fully saturated rings. The molecule has 5 nitrogen and oxygen atoms in total. The molecule has 0 saturated heterocycles. The number of unbranched alkanes of at least 4 members (excludes halogenated alkanes) is 32. The zero-order valence-corrected chi connectivity index (χ0v) is 47.4. The van der Waals surface area contributed by atoms with Gasteiger partial charge in [-0.05, 0) is 89.9 Å². The van der Waals surface area contributed by atoms with Gasteiger partial charge in [-0.25, -0.2) is 0 Å². The highest BCUT2D eigenvalue weighted by molar-refractivity contribution is 5.70. The summed E-state index contributed by atoms with van der Waals surface area (Å²) in [6.45, 7) is 3.94. The molecule has 1 N–H and O–H groups in total. The maximum absolute atomic E-state index is 12.3. The lowest BCUT2D eigenvalue weighted by atomic mass is 10.0. The third-order valence-electron chi connectivity index (χ3n) is 13.4. The molecule has 0 aromatic heterocycles. The minimum Gasteiger partial charge on any atom is -0.462 e. The second-order valence-corrected chi connectivity index (χ2v) is 20.4. The largest absolute Gasteiger partial charge is 0.462 e. The normalized spacial score (nSPS) is 12.9. The topological polar surface area (TPSA) is 72.8 Å². The first-order valence-electron chi connectivity index (χ1n) is 30.8. The number of hydrogen-bond donors (Lipinski definition) is 1. The molecule has 0 aliphatic rings. The molecule has 0 aliphatic heterocycles. The molecular weight excluding hydrogens is 885 g/mol. The van der Waals surface area contributed by atoms with Gasteiger partial charge in [-0.2, -0.15) is 0 Å². The lowest BCUT2D eigenvalue weighted by Crippen LogP contribution is -2.28. The summed E-state index contributed by atoms with van der Waals surface area (Å²) in [6, 6.07) is 0. The predicted octanol–water partition coefficient (Wildman–Crippen LogP) is 21.1. The minimum atomic E-state index is -0.776. The van der Waals surface area contributed by atoms with E-state index in [4.69, 9.17) is 9.47 Å². The summed E-state index contributed by atoms with van der Waals surface area (Å²) in [5, 5.41) is 9.68. The average molecular weight is 1000 g/mol. The maximum atomic E-state index is 12.3. The standard InChI is InChI=1S/C67H116O5/c1-3-5-7-9-11-13-15-17-19-21-23-25-27-29-31-32-33-34-36-38-40-42-44-46-48-50-52-54-56-58-60-62-67(70)72-65(63-68)64-71-66(69)61-59-57-55-53-51-49-47-45-43-41-39-37-35-30-28-26-24-22-20-18-16-14-12-10-8-6-4-2/h5-8,11-14,17-20,23-26,65,68H,3-4,9-10,15-16,21-22,27-64H2,1-2H3/b7-5-,8-6-,13-11-,14-12-,19-17-,20-18-,25-23-,26-24-. The van der Waals surface area contributed by atoms with Crippen molar-refractivity contribution >= 4 is 11.9 Å². The van der Waals surface area contributed by atoms with E-state index in [-0.39, 0.29) is 25.2 Å². The van der Waals surface area contributed by atoms with Crippen LogP contribution >= 0.6 is 0 Å². The van der Waals surface area contributed by atoms with E-state index in [0.29, 0.717) is 12.8 Å². The van der Waals surface area contributed by atoms with E-state index < -0.39 is 6.10 Å².